The lowest BCUT2D eigenvalue weighted by Crippen LogP contribution is -2.51. The molecule has 0 spiro atoms. The largest absolute Gasteiger partial charge is 0.386 e. The summed E-state index contributed by atoms with van der Waals surface area (Å²) in [6.07, 6.45) is 2.55. The van der Waals surface area contributed by atoms with Crippen LogP contribution in [0, 0.1) is 10.8 Å². The summed E-state index contributed by atoms with van der Waals surface area (Å²) in [5.74, 6) is 0. The van der Waals surface area contributed by atoms with Crippen molar-refractivity contribution in [2.75, 3.05) is 0 Å². The van der Waals surface area contributed by atoms with Gasteiger partial charge in [0.1, 0.15) is 11.2 Å². The quantitative estimate of drug-likeness (QED) is 0.601. The average Bonchev–Trinajstić information content (AvgIpc) is 2.54. The maximum atomic E-state index is 10.3. The monoisotopic (exact) mass is 184 g/mol. The fourth-order valence-corrected chi connectivity index (χ4v) is 2.96. The normalized spacial score (nSPS) is 51.2. The molecular weight excluding hydrogens is 164 g/mol. The van der Waals surface area contributed by atoms with Gasteiger partial charge in [0, 0.05) is 6.42 Å². The second-order valence-corrected chi connectivity index (χ2v) is 6.17. The number of aliphatic hydroxyl groups is 2. The van der Waals surface area contributed by atoms with Crippen molar-refractivity contribution in [2.24, 2.45) is 10.8 Å². The highest BCUT2D eigenvalue weighted by molar-refractivity contribution is 5.30. The molecule has 0 aromatic rings. The first-order valence-corrected chi connectivity index (χ1v) is 5.11. The Hall–Kier alpha value is -0.0800. The Morgan fingerprint density at radius 2 is 1.08 bits per heavy atom. The van der Waals surface area contributed by atoms with E-state index in [2.05, 4.69) is 27.7 Å². The molecule has 2 N–H and O–H groups in total. The average molecular weight is 184 g/mol. The van der Waals surface area contributed by atoms with E-state index in [1.807, 2.05) is 0 Å². The minimum absolute atomic E-state index is 0.128. The lowest BCUT2D eigenvalue weighted by molar-refractivity contribution is -0.137. The lowest BCUT2D eigenvalue weighted by Gasteiger charge is -2.46. The second kappa shape index (κ2) is 1.96. The van der Waals surface area contributed by atoms with Crippen molar-refractivity contribution in [1.82, 2.24) is 0 Å². The van der Waals surface area contributed by atoms with Crippen LogP contribution in [0.15, 0.2) is 0 Å². The standard InChI is InChI=1S/C11H20O2/c1-8(2)5-6-9(3,4)11(13)7-10(8,11)12/h12-13H,5-7H2,1-4H3/t10-,11+. The van der Waals surface area contributed by atoms with E-state index in [0.29, 0.717) is 6.42 Å². The van der Waals surface area contributed by atoms with Crippen molar-refractivity contribution in [3.05, 3.63) is 0 Å². The Morgan fingerprint density at radius 3 is 1.38 bits per heavy atom. The van der Waals surface area contributed by atoms with Crippen molar-refractivity contribution in [3.8, 4) is 0 Å². The van der Waals surface area contributed by atoms with Crippen LogP contribution in [0.5, 0.6) is 0 Å². The third-order valence-electron chi connectivity index (χ3n) is 4.69. The van der Waals surface area contributed by atoms with Gasteiger partial charge in [-0.2, -0.15) is 0 Å². The zero-order valence-electron chi connectivity index (χ0n) is 9.02. The summed E-state index contributed by atoms with van der Waals surface area (Å²) in [4.78, 5) is 0. The molecule has 2 heteroatoms. The van der Waals surface area contributed by atoms with Crippen molar-refractivity contribution in [3.63, 3.8) is 0 Å². The maximum Gasteiger partial charge on any atom is 0.102 e. The van der Waals surface area contributed by atoms with Gasteiger partial charge in [-0.05, 0) is 23.7 Å². The van der Waals surface area contributed by atoms with Crippen LogP contribution in [0.1, 0.15) is 47.0 Å². The number of rotatable bonds is 0. The van der Waals surface area contributed by atoms with E-state index in [1.54, 1.807) is 0 Å². The van der Waals surface area contributed by atoms with Gasteiger partial charge >= 0.3 is 0 Å². The summed E-state index contributed by atoms with van der Waals surface area (Å²) in [5.41, 5.74) is -1.92. The summed E-state index contributed by atoms with van der Waals surface area (Å²) in [6.45, 7) is 8.22. The van der Waals surface area contributed by atoms with Crippen molar-refractivity contribution in [1.29, 1.82) is 0 Å². The zero-order valence-corrected chi connectivity index (χ0v) is 9.02. The van der Waals surface area contributed by atoms with Gasteiger partial charge in [-0.3, -0.25) is 0 Å². The van der Waals surface area contributed by atoms with Gasteiger partial charge in [-0.25, -0.2) is 0 Å². The van der Waals surface area contributed by atoms with Crippen LogP contribution in [-0.4, -0.2) is 21.4 Å². The van der Waals surface area contributed by atoms with Crippen LogP contribution in [0.4, 0.5) is 0 Å². The molecule has 0 aromatic heterocycles. The molecular formula is C11H20O2. The Balaban J connectivity index is 2.39. The molecule has 2 fully saturated rings. The molecule has 2 aliphatic carbocycles. The third kappa shape index (κ3) is 0.816. The minimum Gasteiger partial charge on any atom is -0.386 e. The molecule has 0 heterocycles. The molecule has 0 amide bonds. The molecule has 76 valence electrons. The molecule has 2 rings (SSSR count). The van der Waals surface area contributed by atoms with Crippen LogP contribution in [-0.2, 0) is 0 Å². The Bertz CT molecular complexity index is 231. The smallest absolute Gasteiger partial charge is 0.102 e. The van der Waals surface area contributed by atoms with E-state index in [1.165, 1.54) is 0 Å². The lowest BCUT2D eigenvalue weighted by atomic mass is 9.63. The highest BCUT2D eigenvalue weighted by atomic mass is 16.4. The SMILES string of the molecule is CC1(C)CCC(C)(C)[C@@]2(O)C[C@@]12O. The summed E-state index contributed by atoms with van der Waals surface area (Å²) >= 11 is 0. The third-order valence-corrected chi connectivity index (χ3v) is 4.69. The van der Waals surface area contributed by atoms with Crippen molar-refractivity contribution >= 4 is 0 Å². The van der Waals surface area contributed by atoms with Crippen LogP contribution < -0.4 is 0 Å². The molecule has 0 aromatic carbocycles. The molecule has 0 aliphatic heterocycles. The van der Waals surface area contributed by atoms with Crippen LogP contribution in [0.25, 0.3) is 0 Å². The Morgan fingerprint density at radius 1 is 0.769 bits per heavy atom. The zero-order chi connectivity index (χ0) is 10.1. The summed E-state index contributed by atoms with van der Waals surface area (Å²) in [5, 5.41) is 20.6. The summed E-state index contributed by atoms with van der Waals surface area (Å²) in [6, 6.07) is 0. The fraction of sp³-hybridized carbons (Fsp3) is 1.00. The van der Waals surface area contributed by atoms with Gasteiger partial charge in [0.15, 0.2) is 0 Å². The first-order valence-electron chi connectivity index (χ1n) is 5.11. The fourth-order valence-electron chi connectivity index (χ4n) is 2.96. The molecule has 2 atom stereocenters. The van der Waals surface area contributed by atoms with Gasteiger partial charge in [-0.1, -0.05) is 27.7 Å². The van der Waals surface area contributed by atoms with Gasteiger partial charge in [0.2, 0.25) is 0 Å². The number of fused-ring (bicyclic) bond motifs is 1. The van der Waals surface area contributed by atoms with E-state index in [4.69, 9.17) is 0 Å². The first kappa shape index (κ1) is 9.47. The van der Waals surface area contributed by atoms with Gasteiger partial charge in [-0.15, -0.1) is 0 Å². The van der Waals surface area contributed by atoms with Gasteiger partial charge in [0.25, 0.3) is 0 Å². The van der Waals surface area contributed by atoms with Crippen LogP contribution in [0.3, 0.4) is 0 Å². The predicted octanol–water partition coefficient (Wildman–Crippen LogP) is 1.70. The highest BCUT2D eigenvalue weighted by Gasteiger charge is 2.79. The topological polar surface area (TPSA) is 40.5 Å². The van der Waals surface area contributed by atoms with E-state index >= 15 is 0 Å². The van der Waals surface area contributed by atoms with Gasteiger partial charge < -0.3 is 10.2 Å². The molecule has 0 unspecified atom stereocenters. The van der Waals surface area contributed by atoms with E-state index in [0.717, 1.165) is 12.8 Å². The van der Waals surface area contributed by atoms with Gasteiger partial charge in [0.05, 0.1) is 0 Å². The number of hydrogen-bond donors (Lipinski definition) is 2. The summed E-state index contributed by atoms with van der Waals surface area (Å²) in [7, 11) is 0. The number of hydrogen-bond acceptors (Lipinski definition) is 2. The molecule has 2 nitrogen and oxygen atoms in total. The predicted molar refractivity (Wildman–Crippen MR) is 51.3 cm³/mol. The van der Waals surface area contributed by atoms with Crippen molar-refractivity contribution in [2.45, 2.75) is 58.2 Å². The second-order valence-electron chi connectivity index (χ2n) is 6.17. The molecule has 0 radical (unpaired) electrons. The van der Waals surface area contributed by atoms with E-state index in [9.17, 15) is 10.2 Å². The minimum atomic E-state index is -0.832. The Labute approximate surface area is 80.0 Å². The van der Waals surface area contributed by atoms with Crippen LogP contribution >= 0.6 is 0 Å². The maximum absolute atomic E-state index is 10.3. The molecule has 2 saturated carbocycles. The highest BCUT2D eigenvalue weighted by Crippen LogP contribution is 2.71. The van der Waals surface area contributed by atoms with Crippen LogP contribution in [0.2, 0.25) is 0 Å². The molecule has 2 aliphatic rings. The van der Waals surface area contributed by atoms with Crippen molar-refractivity contribution < 1.29 is 10.2 Å². The van der Waals surface area contributed by atoms with E-state index < -0.39 is 11.2 Å². The first-order chi connectivity index (χ1) is 5.66. The van der Waals surface area contributed by atoms with E-state index in [-0.39, 0.29) is 10.8 Å². The Kier molecular flexibility index (Phi) is 1.43. The summed E-state index contributed by atoms with van der Waals surface area (Å²) < 4.78 is 0. The molecule has 0 bridgehead atoms. The molecule has 0 saturated heterocycles. The molecule has 13 heavy (non-hydrogen) atoms.